The van der Waals surface area contributed by atoms with E-state index in [9.17, 15) is 14.4 Å². The first-order valence-corrected chi connectivity index (χ1v) is 10.3. The van der Waals surface area contributed by atoms with E-state index in [1.165, 1.54) is 0 Å². The zero-order valence-electron chi connectivity index (χ0n) is 17.6. The number of hydrogen-bond acceptors (Lipinski definition) is 4. The third-order valence-corrected chi connectivity index (χ3v) is 5.62. The Kier molecular flexibility index (Phi) is 5.75. The van der Waals surface area contributed by atoms with Gasteiger partial charge in [-0.1, -0.05) is 36.9 Å². The topological polar surface area (TPSA) is 119 Å². The summed E-state index contributed by atoms with van der Waals surface area (Å²) >= 11 is 0. The molecular weight excluding hydrogens is 404 g/mol. The van der Waals surface area contributed by atoms with Crippen LogP contribution in [0.5, 0.6) is 0 Å². The van der Waals surface area contributed by atoms with E-state index in [0.717, 1.165) is 27.5 Å². The normalized spacial score (nSPS) is 12.7. The molecule has 3 aromatic carbocycles. The van der Waals surface area contributed by atoms with Gasteiger partial charge in [-0.25, -0.2) is 0 Å². The lowest BCUT2D eigenvalue weighted by atomic mass is 9.95. The lowest BCUT2D eigenvalue weighted by molar-refractivity contribution is -0.114. The fourth-order valence-electron chi connectivity index (χ4n) is 3.93. The predicted octanol–water partition coefficient (Wildman–Crippen LogP) is 2.19. The Morgan fingerprint density at radius 2 is 1.81 bits per heavy atom. The molecule has 0 aliphatic carbocycles. The van der Waals surface area contributed by atoms with Crippen molar-refractivity contribution < 1.29 is 14.4 Å². The van der Waals surface area contributed by atoms with Crippen molar-refractivity contribution in [3.8, 4) is 11.1 Å². The smallest absolute Gasteiger partial charge is 0.254 e. The number of benzene rings is 3. The van der Waals surface area contributed by atoms with Crippen molar-refractivity contribution in [2.24, 2.45) is 11.5 Å². The summed E-state index contributed by atoms with van der Waals surface area (Å²) in [5, 5.41) is 4.74. The third kappa shape index (κ3) is 3.98. The average molecular weight is 428 g/mol. The molecule has 1 aliphatic rings. The number of primary amides is 1. The standard InChI is InChI=1S/C25H24N4O3/c1-15(23(27)30)13-29-14-22-20(25(29)32)8-7-16-5-6-18(12-21(16)22)17-3-2-4-19(11-17)24(31)28-10-9-26/h2-8,11-12H,1,9-10,13-14,26H2,(H2,27,30)(H,28,31). The van der Waals surface area contributed by atoms with Gasteiger partial charge in [-0.15, -0.1) is 0 Å². The number of rotatable bonds is 7. The lowest BCUT2D eigenvalue weighted by Crippen LogP contribution is -2.30. The Labute approximate surface area is 185 Å². The minimum Gasteiger partial charge on any atom is -0.366 e. The number of carbonyl (C=O) groups excluding carboxylic acids is 3. The van der Waals surface area contributed by atoms with Gasteiger partial charge in [0.1, 0.15) is 0 Å². The number of nitrogens with two attached hydrogens (primary N) is 2. The Hall–Kier alpha value is -3.97. The van der Waals surface area contributed by atoms with E-state index in [0.29, 0.717) is 30.8 Å². The molecule has 0 unspecified atom stereocenters. The summed E-state index contributed by atoms with van der Waals surface area (Å²) in [7, 11) is 0. The fourth-order valence-corrected chi connectivity index (χ4v) is 3.93. The van der Waals surface area contributed by atoms with Crippen molar-refractivity contribution in [3.63, 3.8) is 0 Å². The molecule has 3 aromatic rings. The summed E-state index contributed by atoms with van der Waals surface area (Å²) in [6, 6.07) is 17.1. The molecule has 5 N–H and O–H groups in total. The molecule has 0 bridgehead atoms. The van der Waals surface area contributed by atoms with E-state index < -0.39 is 5.91 Å². The molecule has 0 saturated carbocycles. The third-order valence-electron chi connectivity index (χ3n) is 5.62. The summed E-state index contributed by atoms with van der Waals surface area (Å²) in [4.78, 5) is 38.1. The quantitative estimate of drug-likeness (QED) is 0.500. The molecule has 1 heterocycles. The van der Waals surface area contributed by atoms with Crippen LogP contribution in [0, 0.1) is 0 Å². The SMILES string of the molecule is C=C(CN1Cc2c(ccc3ccc(-c4cccc(C(=O)NCCN)c4)cc23)C1=O)C(N)=O. The Morgan fingerprint density at radius 1 is 1.06 bits per heavy atom. The lowest BCUT2D eigenvalue weighted by Gasteiger charge is -2.15. The largest absolute Gasteiger partial charge is 0.366 e. The van der Waals surface area contributed by atoms with Gasteiger partial charge in [0.05, 0.1) is 6.54 Å². The zero-order chi connectivity index (χ0) is 22.8. The van der Waals surface area contributed by atoms with Crippen LogP contribution in [0.15, 0.2) is 66.7 Å². The zero-order valence-corrected chi connectivity index (χ0v) is 17.6. The first-order chi connectivity index (χ1) is 15.4. The van der Waals surface area contributed by atoms with Crippen molar-refractivity contribution in [2.75, 3.05) is 19.6 Å². The second-order valence-electron chi connectivity index (χ2n) is 7.78. The molecule has 162 valence electrons. The predicted molar refractivity (Wildman–Crippen MR) is 124 cm³/mol. The van der Waals surface area contributed by atoms with Crippen LogP contribution >= 0.6 is 0 Å². The van der Waals surface area contributed by atoms with E-state index in [1.54, 1.807) is 11.0 Å². The summed E-state index contributed by atoms with van der Waals surface area (Å²) in [6.45, 7) is 4.94. The highest BCUT2D eigenvalue weighted by atomic mass is 16.2. The molecule has 0 spiro atoms. The maximum absolute atomic E-state index is 12.8. The van der Waals surface area contributed by atoms with Gasteiger partial charge in [-0.2, -0.15) is 0 Å². The van der Waals surface area contributed by atoms with Crippen molar-refractivity contribution in [3.05, 3.63) is 83.4 Å². The van der Waals surface area contributed by atoms with Crippen LogP contribution in [0.25, 0.3) is 21.9 Å². The van der Waals surface area contributed by atoms with E-state index in [2.05, 4.69) is 11.9 Å². The molecule has 0 aromatic heterocycles. The van der Waals surface area contributed by atoms with Gasteiger partial charge in [0.25, 0.3) is 11.8 Å². The number of nitrogens with zero attached hydrogens (tertiary/aromatic N) is 1. The fraction of sp³-hybridized carbons (Fsp3) is 0.160. The average Bonchev–Trinajstić information content (AvgIpc) is 3.12. The molecule has 3 amide bonds. The van der Waals surface area contributed by atoms with Crippen LogP contribution < -0.4 is 16.8 Å². The van der Waals surface area contributed by atoms with Gasteiger partial charge in [-0.05, 0) is 51.7 Å². The van der Waals surface area contributed by atoms with E-state index in [1.807, 2.05) is 48.5 Å². The minimum atomic E-state index is -0.615. The maximum Gasteiger partial charge on any atom is 0.254 e. The van der Waals surface area contributed by atoms with E-state index >= 15 is 0 Å². The first-order valence-electron chi connectivity index (χ1n) is 10.3. The maximum atomic E-state index is 12.8. The molecule has 0 atom stereocenters. The molecule has 32 heavy (non-hydrogen) atoms. The van der Waals surface area contributed by atoms with Crippen LogP contribution in [0.3, 0.4) is 0 Å². The number of fused-ring (bicyclic) bond motifs is 3. The number of hydrogen-bond donors (Lipinski definition) is 3. The summed E-state index contributed by atoms with van der Waals surface area (Å²) < 4.78 is 0. The molecule has 4 rings (SSSR count). The second-order valence-corrected chi connectivity index (χ2v) is 7.78. The van der Waals surface area contributed by atoms with Gasteiger partial charge in [0, 0.05) is 36.3 Å². The van der Waals surface area contributed by atoms with Crippen LogP contribution in [0.1, 0.15) is 26.3 Å². The van der Waals surface area contributed by atoms with Gasteiger partial charge in [0.15, 0.2) is 0 Å². The number of nitrogens with one attached hydrogen (secondary N) is 1. The van der Waals surface area contributed by atoms with E-state index in [-0.39, 0.29) is 23.9 Å². The Bertz CT molecular complexity index is 1270. The Balaban J connectivity index is 1.69. The molecule has 0 fully saturated rings. The number of amides is 3. The molecule has 7 nitrogen and oxygen atoms in total. The second kappa shape index (κ2) is 8.64. The van der Waals surface area contributed by atoms with Crippen molar-refractivity contribution in [1.29, 1.82) is 0 Å². The summed E-state index contributed by atoms with van der Waals surface area (Å²) in [6.07, 6.45) is 0. The highest BCUT2D eigenvalue weighted by molar-refractivity contribution is 6.06. The van der Waals surface area contributed by atoms with Gasteiger partial charge in [-0.3, -0.25) is 14.4 Å². The molecule has 1 aliphatic heterocycles. The molecule has 7 heteroatoms. The molecule has 0 radical (unpaired) electrons. The summed E-state index contributed by atoms with van der Waals surface area (Å²) in [5.41, 5.74) is 14.9. The first kappa shape index (κ1) is 21.3. The van der Waals surface area contributed by atoms with Gasteiger partial charge >= 0.3 is 0 Å². The van der Waals surface area contributed by atoms with Gasteiger partial charge in [0.2, 0.25) is 5.91 Å². The Morgan fingerprint density at radius 3 is 2.56 bits per heavy atom. The van der Waals surface area contributed by atoms with Crippen molar-refractivity contribution in [2.45, 2.75) is 6.54 Å². The number of carbonyl (C=O) groups is 3. The monoisotopic (exact) mass is 428 g/mol. The van der Waals surface area contributed by atoms with Gasteiger partial charge < -0.3 is 21.7 Å². The minimum absolute atomic E-state index is 0.101. The van der Waals surface area contributed by atoms with Crippen LogP contribution in [0.2, 0.25) is 0 Å². The summed E-state index contributed by atoms with van der Waals surface area (Å²) in [5.74, 6) is -0.931. The van der Waals surface area contributed by atoms with Crippen LogP contribution in [-0.4, -0.2) is 42.3 Å². The highest BCUT2D eigenvalue weighted by Crippen LogP contribution is 2.33. The highest BCUT2D eigenvalue weighted by Gasteiger charge is 2.29. The van der Waals surface area contributed by atoms with Crippen LogP contribution in [0.4, 0.5) is 0 Å². The van der Waals surface area contributed by atoms with E-state index in [4.69, 9.17) is 11.5 Å². The van der Waals surface area contributed by atoms with Crippen LogP contribution in [-0.2, 0) is 11.3 Å². The van der Waals surface area contributed by atoms with Crippen molar-refractivity contribution >= 4 is 28.5 Å². The molecular formula is C25H24N4O3. The molecule has 0 saturated heterocycles. The van der Waals surface area contributed by atoms with Crippen molar-refractivity contribution in [1.82, 2.24) is 10.2 Å².